The summed E-state index contributed by atoms with van der Waals surface area (Å²) in [6.07, 6.45) is 6.04. The Hall–Kier alpha value is -2.69. The lowest BCUT2D eigenvalue weighted by molar-refractivity contribution is -0.138. The fourth-order valence-corrected chi connectivity index (χ4v) is 3.07. The Morgan fingerprint density at radius 1 is 1.20 bits per heavy atom. The van der Waals surface area contributed by atoms with Crippen molar-refractivity contribution in [1.29, 1.82) is 0 Å². The second-order valence-corrected chi connectivity index (χ2v) is 6.43. The molecule has 2 amide bonds. The first-order chi connectivity index (χ1) is 12.1. The molecule has 0 spiro atoms. The topological polar surface area (TPSA) is 62.3 Å². The van der Waals surface area contributed by atoms with Gasteiger partial charge in [-0.2, -0.15) is 0 Å². The lowest BCUT2D eigenvalue weighted by Crippen LogP contribution is -2.43. The minimum absolute atomic E-state index is 0.0786. The van der Waals surface area contributed by atoms with Crippen LogP contribution in [0.25, 0.3) is 11.1 Å². The number of rotatable bonds is 5. The van der Waals surface area contributed by atoms with Gasteiger partial charge < -0.3 is 10.2 Å². The number of carbonyl (C=O) groups excluding carboxylic acids is 2. The van der Waals surface area contributed by atoms with Gasteiger partial charge in [0.1, 0.15) is 0 Å². The first-order valence-corrected chi connectivity index (χ1v) is 8.71. The average Bonchev–Trinajstić information content (AvgIpc) is 2.64. The zero-order valence-corrected chi connectivity index (χ0v) is 14.4. The third kappa shape index (κ3) is 4.44. The van der Waals surface area contributed by atoms with Gasteiger partial charge in [-0.25, -0.2) is 0 Å². The van der Waals surface area contributed by atoms with Crippen LogP contribution in [0.4, 0.5) is 0 Å². The van der Waals surface area contributed by atoms with E-state index in [1.807, 2.05) is 49.5 Å². The fourth-order valence-electron chi connectivity index (χ4n) is 3.07. The Morgan fingerprint density at radius 2 is 2.00 bits per heavy atom. The van der Waals surface area contributed by atoms with Crippen molar-refractivity contribution in [2.75, 3.05) is 13.1 Å². The maximum Gasteiger partial charge on any atom is 0.240 e. The van der Waals surface area contributed by atoms with E-state index in [-0.39, 0.29) is 24.4 Å². The summed E-state index contributed by atoms with van der Waals surface area (Å²) in [6, 6.07) is 11.9. The van der Waals surface area contributed by atoms with Crippen molar-refractivity contribution in [1.82, 2.24) is 15.2 Å². The number of hydrogen-bond donors (Lipinski definition) is 1. The summed E-state index contributed by atoms with van der Waals surface area (Å²) in [4.78, 5) is 29.8. The Balaban J connectivity index is 1.58. The van der Waals surface area contributed by atoms with E-state index in [2.05, 4.69) is 10.3 Å². The van der Waals surface area contributed by atoms with Gasteiger partial charge in [-0.3, -0.25) is 14.6 Å². The van der Waals surface area contributed by atoms with E-state index in [9.17, 15) is 9.59 Å². The lowest BCUT2D eigenvalue weighted by Gasteiger charge is -2.26. The highest BCUT2D eigenvalue weighted by Crippen LogP contribution is 2.21. The van der Waals surface area contributed by atoms with Gasteiger partial charge in [0.25, 0.3) is 0 Å². The molecule has 130 valence electrons. The zero-order valence-electron chi connectivity index (χ0n) is 14.4. The second-order valence-electron chi connectivity index (χ2n) is 6.43. The summed E-state index contributed by atoms with van der Waals surface area (Å²) < 4.78 is 0. The molecular formula is C20H23N3O2. The standard InChI is InChI=1S/C20H23N3O2/c1-15(22-19(24)14-23-12-3-2-6-20(23)25)16-7-9-17(10-8-16)18-5-4-11-21-13-18/h4-5,7-11,13,15H,2-3,6,12,14H2,1H3,(H,22,24)/t15-/m1/s1. The molecule has 3 rings (SSSR count). The molecule has 0 radical (unpaired) electrons. The molecule has 1 saturated heterocycles. The number of hydrogen-bond acceptors (Lipinski definition) is 3. The molecule has 0 bridgehead atoms. The highest BCUT2D eigenvalue weighted by Gasteiger charge is 2.21. The number of nitrogens with one attached hydrogen (secondary N) is 1. The van der Waals surface area contributed by atoms with Crippen LogP contribution in [0.15, 0.2) is 48.8 Å². The molecule has 1 aliphatic heterocycles. The molecule has 1 fully saturated rings. The van der Waals surface area contributed by atoms with Crippen LogP contribution < -0.4 is 5.32 Å². The molecule has 0 aliphatic carbocycles. The Bertz CT molecular complexity index is 728. The van der Waals surface area contributed by atoms with Gasteiger partial charge in [-0.1, -0.05) is 30.3 Å². The highest BCUT2D eigenvalue weighted by molar-refractivity contribution is 5.85. The van der Waals surface area contributed by atoms with E-state index in [0.717, 1.165) is 29.5 Å². The van der Waals surface area contributed by atoms with E-state index in [1.165, 1.54) is 0 Å². The number of pyridine rings is 1. The van der Waals surface area contributed by atoms with Crippen molar-refractivity contribution in [3.05, 3.63) is 54.4 Å². The van der Waals surface area contributed by atoms with Crippen molar-refractivity contribution in [3.63, 3.8) is 0 Å². The predicted octanol–water partition coefficient (Wildman–Crippen LogP) is 2.94. The van der Waals surface area contributed by atoms with Crippen LogP contribution in [0.2, 0.25) is 0 Å². The molecule has 2 heterocycles. The largest absolute Gasteiger partial charge is 0.348 e. The van der Waals surface area contributed by atoms with Gasteiger partial charge >= 0.3 is 0 Å². The van der Waals surface area contributed by atoms with Crippen LogP contribution in [0.3, 0.4) is 0 Å². The summed E-state index contributed by atoms with van der Waals surface area (Å²) in [5, 5.41) is 2.98. The molecule has 1 atom stereocenters. The monoisotopic (exact) mass is 337 g/mol. The Labute approximate surface area is 148 Å². The number of aromatic nitrogens is 1. The van der Waals surface area contributed by atoms with E-state index in [4.69, 9.17) is 0 Å². The first kappa shape index (κ1) is 17.1. The van der Waals surface area contributed by atoms with Gasteiger partial charge in [0.05, 0.1) is 12.6 Å². The number of amides is 2. The van der Waals surface area contributed by atoms with E-state index in [1.54, 1.807) is 11.1 Å². The Kier molecular flexibility index (Phi) is 5.43. The van der Waals surface area contributed by atoms with Crippen molar-refractivity contribution in [3.8, 4) is 11.1 Å². The van der Waals surface area contributed by atoms with Crippen LogP contribution in [0.1, 0.15) is 37.8 Å². The van der Waals surface area contributed by atoms with Crippen LogP contribution in [0.5, 0.6) is 0 Å². The second kappa shape index (κ2) is 7.92. The minimum atomic E-state index is -0.112. The smallest absolute Gasteiger partial charge is 0.240 e. The lowest BCUT2D eigenvalue weighted by atomic mass is 10.0. The van der Waals surface area contributed by atoms with Crippen molar-refractivity contribution in [2.45, 2.75) is 32.2 Å². The summed E-state index contributed by atoms with van der Waals surface area (Å²) in [5.74, 6) is -0.0334. The summed E-state index contributed by atoms with van der Waals surface area (Å²) in [7, 11) is 0. The molecule has 1 aromatic carbocycles. The van der Waals surface area contributed by atoms with Crippen molar-refractivity contribution >= 4 is 11.8 Å². The molecule has 0 unspecified atom stereocenters. The van der Waals surface area contributed by atoms with Gasteiger partial charge in [-0.15, -0.1) is 0 Å². The molecule has 25 heavy (non-hydrogen) atoms. The molecule has 0 saturated carbocycles. The van der Waals surface area contributed by atoms with Gasteiger partial charge in [0.15, 0.2) is 0 Å². The molecule has 1 aliphatic rings. The molecule has 1 aromatic heterocycles. The van der Waals surface area contributed by atoms with Crippen LogP contribution in [-0.4, -0.2) is 34.8 Å². The molecule has 1 N–H and O–H groups in total. The third-order valence-corrected chi connectivity index (χ3v) is 4.54. The van der Waals surface area contributed by atoms with Crippen molar-refractivity contribution in [2.24, 2.45) is 0 Å². The number of nitrogens with zero attached hydrogens (tertiary/aromatic N) is 2. The number of piperidine rings is 1. The number of carbonyl (C=O) groups is 2. The SMILES string of the molecule is C[C@@H](NC(=O)CN1CCCCC1=O)c1ccc(-c2cccnc2)cc1. The maximum absolute atomic E-state index is 12.2. The normalized spacial score (nSPS) is 15.7. The minimum Gasteiger partial charge on any atom is -0.348 e. The van der Waals surface area contributed by atoms with Crippen LogP contribution in [0, 0.1) is 0 Å². The summed E-state index contributed by atoms with van der Waals surface area (Å²) >= 11 is 0. The number of likely N-dealkylation sites (tertiary alicyclic amines) is 1. The van der Waals surface area contributed by atoms with E-state index in [0.29, 0.717) is 13.0 Å². The third-order valence-electron chi connectivity index (χ3n) is 4.54. The zero-order chi connectivity index (χ0) is 17.6. The predicted molar refractivity (Wildman–Crippen MR) is 96.7 cm³/mol. The quantitative estimate of drug-likeness (QED) is 0.912. The summed E-state index contributed by atoms with van der Waals surface area (Å²) in [6.45, 7) is 2.78. The Morgan fingerprint density at radius 3 is 2.68 bits per heavy atom. The molecule has 5 nitrogen and oxygen atoms in total. The summed E-state index contributed by atoms with van der Waals surface area (Å²) in [5.41, 5.74) is 3.19. The first-order valence-electron chi connectivity index (χ1n) is 8.71. The van der Waals surface area contributed by atoms with Crippen molar-refractivity contribution < 1.29 is 9.59 Å². The fraction of sp³-hybridized carbons (Fsp3) is 0.350. The highest BCUT2D eigenvalue weighted by atomic mass is 16.2. The molecular weight excluding hydrogens is 314 g/mol. The maximum atomic E-state index is 12.2. The van der Waals surface area contributed by atoms with E-state index < -0.39 is 0 Å². The van der Waals surface area contributed by atoms with Gasteiger partial charge in [0.2, 0.25) is 11.8 Å². The average molecular weight is 337 g/mol. The molecule has 2 aromatic rings. The number of benzene rings is 1. The molecule has 5 heteroatoms. The van der Waals surface area contributed by atoms with Crippen LogP contribution in [-0.2, 0) is 9.59 Å². The van der Waals surface area contributed by atoms with E-state index >= 15 is 0 Å². The van der Waals surface area contributed by atoms with Gasteiger partial charge in [0, 0.05) is 25.4 Å². The van der Waals surface area contributed by atoms with Crippen LogP contribution >= 0.6 is 0 Å². The van der Waals surface area contributed by atoms with Gasteiger partial charge in [-0.05, 0) is 42.5 Å².